The predicted molar refractivity (Wildman–Crippen MR) is 479 cm³/mol. The maximum Gasteiger partial charge on any atom is 0.270 e. The molecule has 598 valence electrons. The summed E-state index contributed by atoms with van der Waals surface area (Å²) in [5.74, 6) is -0.314. The molecule has 0 atom stereocenters. The smallest absolute Gasteiger partial charge is 0.270 e. The van der Waals surface area contributed by atoms with Gasteiger partial charge < -0.3 is 18.9 Å². The quantitative estimate of drug-likeness (QED) is 0.0162. The van der Waals surface area contributed by atoms with E-state index in [2.05, 4.69) is 153 Å². The van der Waals surface area contributed by atoms with Gasteiger partial charge in [-0.15, -0.1) is 45.3 Å². The number of hydrogen-bond donors (Lipinski definition) is 0. The molecule has 4 aromatic heterocycles. The van der Waals surface area contributed by atoms with Crippen LogP contribution < -0.4 is 18.9 Å². The minimum absolute atomic E-state index is 0.00913. The fourth-order valence-corrected chi connectivity index (χ4v) is 23.5. The molecule has 4 heterocycles. The molecule has 0 saturated carbocycles. The van der Waals surface area contributed by atoms with Crippen LogP contribution in [0, 0.1) is 47.4 Å². The molecule has 0 saturated heterocycles. The Kier molecular flexibility index (Phi) is 26.1. The number of hydrogen-bond acceptors (Lipinski definition) is 12. The van der Waals surface area contributed by atoms with Crippen molar-refractivity contribution in [1.82, 2.24) is 0 Å². The monoisotopic (exact) mass is 1640 g/mol. The molecule has 0 bridgehead atoms. The number of benzene rings is 7. The molecule has 0 fully saturated rings. The number of ether oxygens (including phenoxy) is 4. The van der Waals surface area contributed by atoms with Crippen LogP contribution in [0.3, 0.4) is 0 Å². The van der Waals surface area contributed by atoms with Gasteiger partial charge in [0.15, 0.2) is 23.2 Å². The Labute approximate surface area is 708 Å². The average Bonchev–Trinajstić information content (AvgIpc) is 1.48. The van der Waals surface area contributed by atoms with E-state index >= 15 is 13.6 Å². The Morgan fingerprint density at radius 1 is 0.390 bits per heavy atom. The summed E-state index contributed by atoms with van der Waals surface area (Å²) in [4.78, 5) is 43.0. The Balaban J connectivity index is 0.973. The first kappa shape index (κ1) is 82.3. The van der Waals surface area contributed by atoms with E-state index in [-0.39, 0.29) is 39.3 Å². The van der Waals surface area contributed by atoms with Gasteiger partial charge in [0.25, 0.3) is 11.4 Å². The van der Waals surface area contributed by atoms with Crippen molar-refractivity contribution in [2.24, 2.45) is 0 Å². The molecule has 0 unspecified atom stereocenters. The Bertz CT molecular complexity index is 5750. The Hall–Kier alpha value is -10.8. The molecule has 0 aliphatic heterocycles. The van der Waals surface area contributed by atoms with E-state index in [1.807, 2.05) is 48.5 Å². The van der Waals surface area contributed by atoms with Gasteiger partial charge in [0.2, 0.25) is 0 Å². The molecule has 118 heavy (non-hydrogen) atoms. The maximum absolute atomic E-state index is 15.4. The van der Waals surface area contributed by atoms with Gasteiger partial charge in [0.1, 0.15) is 23.0 Å². The van der Waals surface area contributed by atoms with Crippen LogP contribution in [-0.2, 0) is 10.8 Å². The molecule has 16 heteroatoms. The molecule has 0 spiro atoms. The fraction of sp³-hybridized carbons (Fsp3) is 0.333. The highest BCUT2D eigenvalue weighted by Crippen LogP contribution is 2.70. The summed E-state index contributed by atoms with van der Waals surface area (Å²) in [6.07, 6.45) is 30.6. The Morgan fingerprint density at radius 3 is 1.01 bits per heavy atom. The highest BCUT2D eigenvalue weighted by Gasteiger charge is 2.55. The van der Waals surface area contributed by atoms with E-state index in [0.29, 0.717) is 48.0 Å². The van der Waals surface area contributed by atoms with Gasteiger partial charge in [-0.1, -0.05) is 229 Å². The fourth-order valence-electron chi connectivity index (χ4n) is 17.8. The second-order valence-corrected chi connectivity index (χ2v) is 35.6. The number of fused-ring (bicyclic) bond motifs is 12. The summed E-state index contributed by atoms with van der Waals surface area (Å²) in [6.45, 7) is 27.8. The van der Waals surface area contributed by atoms with Crippen molar-refractivity contribution in [2.75, 3.05) is 26.4 Å². The zero-order valence-electron chi connectivity index (χ0n) is 67.6. The lowest BCUT2D eigenvalue weighted by molar-refractivity contribution is 0.103. The second kappa shape index (κ2) is 37.4. The van der Waals surface area contributed by atoms with Crippen LogP contribution in [0.4, 0.5) is 8.78 Å². The van der Waals surface area contributed by atoms with Gasteiger partial charge in [0, 0.05) is 54.3 Å². The van der Waals surface area contributed by atoms with Crippen LogP contribution in [0.2, 0.25) is 0 Å². The van der Waals surface area contributed by atoms with Crippen LogP contribution >= 0.6 is 45.3 Å². The Morgan fingerprint density at radius 2 is 0.686 bits per heavy atom. The topological polar surface area (TPSA) is 127 Å². The largest absolute Gasteiger partial charge is 0.494 e. The van der Waals surface area contributed by atoms with Gasteiger partial charge in [-0.25, -0.2) is 29.0 Å². The van der Waals surface area contributed by atoms with Gasteiger partial charge >= 0.3 is 0 Å². The third kappa shape index (κ3) is 15.9. The number of halogens is 2. The van der Waals surface area contributed by atoms with E-state index in [4.69, 9.17) is 32.1 Å². The summed E-state index contributed by atoms with van der Waals surface area (Å²) in [6, 6.07) is 56.2. The van der Waals surface area contributed by atoms with E-state index in [9.17, 15) is 15.3 Å². The number of unbranched alkanes of at least 4 members (excludes halogenated alkanes) is 20. The highest BCUT2D eigenvalue weighted by molar-refractivity contribution is 7.34. The number of rotatable bonds is 38. The molecule has 0 N–H and O–H groups in total. The normalized spacial score (nSPS) is 15.3. The summed E-state index contributed by atoms with van der Waals surface area (Å²) in [7, 11) is 0. The van der Waals surface area contributed by atoms with E-state index in [1.54, 1.807) is 40.1 Å². The number of carbonyl (C=O) groups is 2. The van der Waals surface area contributed by atoms with E-state index in [0.717, 1.165) is 201 Å². The lowest BCUT2D eigenvalue weighted by Crippen LogP contribution is -2.28. The lowest BCUT2D eigenvalue weighted by atomic mass is 9.67. The number of nitrogens with zero attached hydrogens (tertiary/aromatic N) is 4. The lowest BCUT2D eigenvalue weighted by Gasteiger charge is -2.34. The maximum atomic E-state index is 15.4. The van der Waals surface area contributed by atoms with Crippen LogP contribution in [0.15, 0.2) is 180 Å². The second-order valence-electron chi connectivity index (χ2n) is 31.3. The third-order valence-electron chi connectivity index (χ3n) is 23.7. The third-order valence-corrected chi connectivity index (χ3v) is 28.7. The molecule has 0 amide bonds. The van der Waals surface area contributed by atoms with Gasteiger partial charge in [-0.2, -0.15) is 0 Å². The van der Waals surface area contributed by atoms with Crippen LogP contribution in [-0.4, -0.2) is 38.0 Å². The average molecular weight is 1640 g/mol. The van der Waals surface area contributed by atoms with Crippen LogP contribution in [0.1, 0.15) is 268 Å². The first-order valence-electron chi connectivity index (χ1n) is 42.3. The summed E-state index contributed by atoms with van der Waals surface area (Å²) < 4.78 is 59.3. The molecular formula is C102H96F2N4O6S4. The van der Waals surface area contributed by atoms with Crippen molar-refractivity contribution >= 4 is 100 Å². The number of allylic oxidation sites excluding steroid dienone is 6. The molecular weight excluding hydrogens is 1540 g/mol. The SMILES string of the molecule is [C-]#[N+]C(C#N)=C1/C(=C/c2cc3c(s2)-c2sc4c5c(sc4c2C3(c2ccc(OCCCCCCCC)cc2)c2ccc(OCCCCCCCC)cc2)-c2sc(/C=C3\C(=O)c4cc(F)c(F)cc4\C3=C(\C#N)[N+]#[C-])cc2C5(c2ccc(OCCCCCCCC)cc2)c2ccc(OCCCCCCCC)cc2)C(=O)c2cc3ccccc3cc21. The zero-order valence-corrected chi connectivity index (χ0v) is 70.9. The zero-order chi connectivity index (χ0) is 81.9. The van der Waals surface area contributed by atoms with Crippen molar-refractivity contribution < 1.29 is 37.3 Å². The van der Waals surface area contributed by atoms with Crippen molar-refractivity contribution in [2.45, 2.75) is 193 Å². The van der Waals surface area contributed by atoms with Gasteiger partial charge in [0.05, 0.1) is 91.4 Å². The summed E-state index contributed by atoms with van der Waals surface area (Å²) in [5, 5.41) is 23.1. The number of nitriles is 2. The first-order chi connectivity index (χ1) is 57.9. The summed E-state index contributed by atoms with van der Waals surface area (Å²) >= 11 is 6.57. The molecule has 0 radical (unpaired) electrons. The standard InChI is InChI=1S/C102H96F2N4O6S4/c1-7-11-15-19-23-29-51-111-71-43-35-67(36-44-71)101(68-37-45-72(46-38-68)112-52-30-24-20-16-12-8-2)83-59-75(57-81-89(87(63-105)107-5)77-55-65-33-27-28-34-66(65)56-79(77)93(81)109)115-95(83)97-91(101)99-100(117-97)92-98(118-99)96-84(60-76(116-96)58-82-90(88(64-106)108-6)78-61-85(103)86(104)62-80(78)94(82)110)102(92,69-39-47-73(48-40-69)113-53-31-25-21-17-13-9-3)70-41-49-74(50-42-70)114-54-32-26-22-18-14-10-4/h27-28,33-50,55-62H,7-26,29-32,51-54H2,1-4H3/b81-57-,82-58-,89-87?,90-88+. The van der Waals surface area contributed by atoms with Crippen molar-refractivity contribution in [3.8, 4) is 54.6 Å². The van der Waals surface area contributed by atoms with Crippen LogP contribution in [0.5, 0.6) is 23.0 Å². The van der Waals surface area contributed by atoms with Crippen molar-refractivity contribution in [1.29, 1.82) is 10.5 Å². The number of carbonyl (C=O) groups excluding carboxylic acids is 2. The van der Waals surface area contributed by atoms with Gasteiger partial charge in [-0.3, -0.25) is 9.59 Å². The highest BCUT2D eigenvalue weighted by atomic mass is 32.1. The number of ketones is 2. The summed E-state index contributed by atoms with van der Waals surface area (Å²) in [5.41, 5.74) is 6.58. The molecule has 4 aliphatic carbocycles. The molecule has 7 aromatic carbocycles. The first-order valence-corrected chi connectivity index (χ1v) is 45.6. The van der Waals surface area contributed by atoms with Crippen molar-refractivity contribution in [3.05, 3.63) is 291 Å². The molecule has 11 aromatic rings. The van der Waals surface area contributed by atoms with E-state index in [1.165, 1.54) is 88.4 Å². The van der Waals surface area contributed by atoms with Crippen LogP contribution in [0.25, 0.3) is 72.7 Å². The minimum atomic E-state index is -1.21. The van der Waals surface area contributed by atoms with Gasteiger partial charge in [-0.05, 0) is 178 Å². The molecule has 4 aliphatic rings. The number of Topliss-reactive ketones (excluding diaryl/α,β-unsaturated/α-hetero) is 2. The number of thiophene rings is 4. The molecule has 10 nitrogen and oxygen atoms in total. The molecule has 15 rings (SSSR count). The predicted octanol–water partition coefficient (Wildman–Crippen LogP) is 29.1. The van der Waals surface area contributed by atoms with E-state index < -0.39 is 33.9 Å². The van der Waals surface area contributed by atoms with Crippen molar-refractivity contribution in [3.63, 3.8) is 0 Å². The minimum Gasteiger partial charge on any atom is -0.494 e.